The Labute approximate surface area is 83.3 Å². The Hall–Kier alpha value is -1.29. The predicted octanol–water partition coefficient (Wildman–Crippen LogP) is 0.558. The fourth-order valence-corrected chi connectivity index (χ4v) is 1.75. The molecular formula is C10H15N3O. The van der Waals surface area contributed by atoms with Crippen molar-refractivity contribution in [1.82, 2.24) is 9.99 Å². The number of hydrogen-bond acceptors (Lipinski definition) is 2. The lowest BCUT2D eigenvalue weighted by molar-refractivity contribution is -0.117. The summed E-state index contributed by atoms with van der Waals surface area (Å²) in [5.74, 6) is 0.598. The molecule has 1 atom stereocenters. The highest BCUT2D eigenvalue weighted by molar-refractivity contribution is 5.83. The number of rotatable bonds is 3. The fourth-order valence-electron chi connectivity index (χ4n) is 1.75. The maximum Gasteiger partial charge on any atom is 0.239 e. The van der Waals surface area contributed by atoms with Crippen LogP contribution in [0.2, 0.25) is 0 Å². The van der Waals surface area contributed by atoms with Gasteiger partial charge >= 0.3 is 0 Å². The number of nitrogens with one attached hydrogen (secondary N) is 2. The van der Waals surface area contributed by atoms with E-state index in [4.69, 9.17) is 0 Å². The largest absolute Gasteiger partial charge is 0.316 e. The SMILES string of the molecule is O=C(C[C@@H]1CCNC1)Nn1cccc1. The minimum atomic E-state index is 0.0925. The van der Waals surface area contributed by atoms with E-state index in [-0.39, 0.29) is 5.91 Å². The van der Waals surface area contributed by atoms with E-state index in [1.54, 1.807) is 4.68 Å². The maximum absolute atomic E-state index is 11.5. The van der Waals surface area contributed by atoms with Gasteiger partial charge in [-0.25, -0.2) is 0 Å². The van der Waals surface area contributed by atoms with E-state index < -0.39 is 0 Å². The standard InChI is InChI=1S/C10H15N3O/c14-10(7-9-3-4-11-8-9)12-13-5-1-2-6-13/h1-2,5-6,9,11H,3-4,7-8H2,(H,12,14)/t9-/m0/s1. The molecule has 4 heteroatoms. The topological polar surface area (TPSA) is 46.1 Å². The Balaban J connectivity index is 1.78. The summed E-state index contributed by atoms with van der Waals surface area (Å²) in [5.41, 5.74) is 2.80. The van der Waals surface area contributed by atoms with Crippen LogP contribution in [0, 0.1) is 5.92 Å². The van der Waals surface area contributed by atoms with E-state index in [2.05, 4.69) is 10.7 Å². The fraction of sp³-hybridized carbons (Fsp3) is 0.500. The Morgan fingerprint density at radius 2 is 2.29 bits per heavy atom. The smallest absolute Gasteiger partial charge is 0.239 e. The normalized spacial score (nSPS) is 21.0. The lowest BCUT2D eigenvalue weighted by Crippen LogP contribution is -2.24. The molecule has 0 spiro atoms. The molecule has 1 saturated heterocycles. The molecule has 2 heterocycles. The highest BCUT2D eigenvalue weighted by atomic mass is 16.2. The van der Waals surface area contributed by atoms with Gasteiger partial charge < -0.3 is 5.32 Å². The second kappa shape index (κ2) is 4.28. The first-order chi connectivity index (χ1) is 6.84. The molecular weight excluding hydrogens is 178 g/mol. The molecule has 14 heavy (non-hydrogen) atoms. The summed E-state index contributed by atoms with van der Waals surface area (Å²) in [4.78, 5) is 11.5. The van der Waals surface area contributed by atoms with Crippen molar-refractivity contribution in [2.45, 2.75) is 12.8 Å². The molecule has 1 aliphatic heterocycles. The first-order valence-electron chi connectivity index (χ1n) is 4.98. The number of hydrogen-bond donors (Lipinski definition) is 2. The number of carbonyl (C=O) groups excluding carboxylic acids is 1. The van der Waals surface area contributed by atoms with Crippen molar-refractivity contribution in [1.29, 1.82) is 0 Å². The Kier molecular flexibility index (Phi) is 2.84. The molecule has 1 aromatic rings. The van der Waals surface area contributed by atoms with Gasteiger partial charge in [0.25, 0.3) is 0 Å². The Morgan fingerprint density at radius 1 is 1.50 bits per heavy atom. The van der Waals surface area contributed by atoms with E-state index in [0.29, 0.717) is 12.3 Å². The Bertz CT molecular complexity index is 288. The molecule has 1 aliphatic rings. The summed E-state index contributed by atoms with van der Waals surface area (Å²) in [6.45, 7) is 2.01. The van der Waals surface area contributed by atoms with Crippen molar-refractivity contribution in [3.05, 3.63) is 24.5 Å². The molecule has 2 N–H and O–H groups in total. The Morgan fingerprint density at radius 3 is 2.93 bits per heavy atom. The monoisotopic (exact) mass is 193 g/mol. The average molecular weight is 193 g/mol. The van der Waals surface area contributed by atoms with Crippen LogP contribution in [0.3, 0.4) is 0 Å². The third-order valence-electron chi connectivity index (χ3n) is 2.49. The lowest BCUT2D eigenvalue weighted by atomic mass is 10.1. The van der Waals surface area contributed by atoms with Crippen molar-refractivity contribution in [3.63, 3.8) is 0 Å². The van der Waals surface area contributed by atoms with Crippen LogP contribution in [-0.2, 0) is 4.79 Å². The van der Waals surface area contributed by atoms with Gasteiger partial charge in [0.1, 0.15) is 0 Å². The molecule has 0 radical (unpaired) electrons. The molecule has 0 aliphatic carbocycles. The summed E-state index contributed by atoms with van der Waals surface area (Å²) in [7, 11) is 0. The molecule has 1 aromatic heterocycles. The molecule has 0 bridgehead atoms. The molecule has 4 nitrogen and oxygen atoms in total. The van der Waals surface area contributed by atoms with Crippen LogP contribution in [-0.4, -0.2) is 23.7 Å². The van der Waals surface area contributed by atoms with Gasteiger partial charge in [0.05, 0.1) is 0 Å². The third kappa shape index (κ3) is 2.35. The van der Waals surface area contributed by atoms with E-state index in [1.807, 2.05) is 24.5 Å². The van der Waals surface area contributed by atoms with Gasteiger partial charge in [0.15, 0.2) is 0 Å². The van der Waals surface area contributed by atoms with Crippen LogP contribution in [0.15, 0.2) is 24.5 Å². The molecule has 0 saturated carbocycles. The van der Waals surface area contributed by atoms with Crippen molar-refractivity contribution in [2.24, 2.45) is 5.92 Å². The van der Waals surface area contributed by atoms with Crippen LogP contribution in [0.4, 0.5) is 0 Å². The van der Waals surface area contributed by atoms with Crippen LogP contribution in [0.25, 0.3) is 0 Å². The molecule has 0 unspecified atom stereocenters. The zero-order chi connectivity index (χ0) is 9.80. The number of amides is 1. The van der Waals surface area contributed by atoms with Gasteiger partial charge in [-0.1, -0.05) is 0 Å². The lowest BCUT2D eigenvalue weighted by Gasteiger charge is -2.09. The highest BCUT2D eigenvalue weighted by Gasteiger charge is 2.17. The average Bonchev–Trinajstić information content (AvgIpc) is 2.76. The highest BCUT2D eigenvalue weighted by Crippen LogP contribution is 2.11. The van der Waals surface area contributed by atoms with E-state index in [1.165, 1.54) is 0 Å². The molecule has 1 fully saturated rings. The van der Waals surface area contributed by atoms with E-state index in [9.17, 15) is 4.79 Å². The molecule has 1 amide bonds. The van der Waals surface area contributed by atoms with Gasteiger partial charge in [-0.2, -0.15) is 0 Å². The van der Waals surface area contributed by atoms with Crippen LogP contribution >= 0.6 is 0 Å². The zero-order valence-corrected chi connectivity index (χ0v) is 8.07. The minimum Gasteiger partial charge on any atom is -0.316 e. The molecule has 2 rings (SSSR count). The van der Waals surface area contributed by atoms with Gasteiger partial charge in [-0.05, 0) is 37.6 Å². The van der Waals surface area contributed by atoms with Crippen LogP contribution in [0.1, 0.15) is 12.8 Å². The van der Waals surface area contributed by atoms with E-state index >= 15 is 0 Å². The maximum atomic E-state index is 11.5. The van der Waals surface area contributed by atoms with E-state index in [0.717, 1.165) is 19.5 Å². The van der Waals surface area contributed by atoms with Gasteiger partial charge in [0.2, 0.25) is 5.91 Å². The van der Waals surface area contributed by atoms with Crippen molar-refractivity contribution >= 4 is 5.91 Å². The number of nitrogens with zero attached hydrogens (tertiary/aromatic N) is 1. The summed E-state index contributed by atoms with van der Waals surface area (Å²) >= 11 is 0. The first kappa shape index (κ1) is 9.27. The predicted molar refractivity (Wildman–Crippen MR) is 54.4 cm³/mol. The van der Waals surface area contributed by atoms with Crippen molar-refractivity contribution in [3.8, 4) is 0 Å². The third-order valence-corrected chi connectivity index (χ3v) is 2.49. The van der Waals surface area contributed by atoms with Crippen LogP contribution < -0.4 is 10.7 Å². The van der Waals surface area contributed by atoms with Crippen LogP contribution in [0.5, 0.6) is 0 Å². The number of carbonyl (C=O) groups is 1. The summed E-state index contributed by atoms with van der Waals surface area (Å²) in [6, 6.07) is 3.77. The number of aromatic nitrogens is 1. The summed E-state index contributed by atoms with van der Waals surface area (Å²) < 4.78 is 1.69. The molecule has 0 aromatic carbocycles. The van der Waals surface area contributed by atoms with Gasteiger partial charge in [0, 0.05) is 18.8 Å². The zero-order valence-electron chi connectivity index (χ0n) is 8.07. The van der Waals surface area contributed by atoms with Gasteiger partial charge in [-0.3, -0.25) is 14.9 Å². The second-order valence-corrected chi connectivity index (χ2v) is 3.69. The second-order valence-electron chi connectivity index (χ2n) is 3.69. The summed E-state index contributed by atoms with van der Waals surface area (Å²) in [6.07, 6.45) is 5.37. The van der Waals surface area contributed by atoms with Crippen molar-refractivity contribution < 1.29 is 4.79 Å². The van der Waals surface area contributed by atoms with Gasteiger partial charge in [-0.15, -0.1) is 0 Å². The quantitative estimate of drug-likeness (QED) is 0.736. The molecule has 76 valence electrons. The summed E-state index contributed by atoms with van der Waals surface area (Å²) in [5, 5.41) is 3.25. The first-order valence-corrected chi connectivity index (χ1v) is 4.98. The van der Waals surface area contributed by atoms with Crippen molar-refractivity contribution in [2.75, 3.05) is 18.5 Å². The minimum absolute atomic E-state index is 0.0925.